The SMILES string of the molecule is COC(CNc1nc2ccccc2o1)CC(=O)O. The Morgan fingerprint density at radius 1 is 1.56 bits per heavy atom. The van der Waals surface area contributed by atoms with Crippen LogP contribution in [0.3, 0.4) is 0 Å². The minimum Gasteiger partial charge on any atom is -0.481 e. The molecule has 18 heavy (non-hydrogen) atoms. The van der Waals surface area contributed by atoms with E-state index in [2.05, 4.69) is 10.3 Å². The summed E-state index contributed by atoms with van der Waals surface area (Å²) in [6, 6.07) is 7.76. The summed E-state index contributed by atoms with van der Waals surface area (Å²) in [7, 11) is 1.47. The van der Waals surface area contributed by atoms with Crippen LogP contribution in [-0.4, -0.2) is 35.8 Å². The van der Waals surface area contributed by atoms with Crippen LogP contribution in [0.25, 0.3) is 11.1 Å². The number of oxazole rings is 1. The minimum absolute atomic E-state index is 0.0657. The predicted octanol–water partition coefficient (Wildman–Crippen LogP) is 1.73. The summed E-state index contributed by atoms with van der Waals surface area (Å²) in [6.07, 6.45) is -0.485. The van der Waals surface area contributed by atoms with Crippen LogP contribution in [-0.2, 0) is 9.53 Å². The van der Waals surface area contributed by atoms with Crippen LogP contribution in [0.1, 0.15) is 6.42 Å². The van der Waals surface area contributed by atoms with Gasteiger partial charge < -0.3 is 19.6 Å². The molecule has 6 nitrogen and oxygen atoms in total. The van der Waals surface area contributed by atoms with Crippen molar-refractivity contribution in [2.75, 3.05) is 19.0 Å². The number of aliphatic carboxylic acids is 1. The number of methoxy groups -OCH3 is 1. The number of anilines is 1. The van der Waals surface area contributed by atoms with Crippen LogP contribution in [0.4, 0.5) is 6.01 Å². The summed E-state index contributed by atoms with van der Waals surface area (Å²) in [4.78, 5) is 14.8. The second kappa shape index (κ2) is 5.50. The minimum atomic E-state index is -0.902. The smallest absolute Gasteiger partial charge is 0.306 e. The molecule has 2 aromatic rings. The highest BCUT2D eigenvalue weighted by Gasteiger charge is 2.13. The molecule has 0 saturated carbocycles. The second-order valence-corrected chi connectivity index (χ2v) is 3.82. The Bertz CT molecular complexity index is 505. The van der Waals surface area contributed by atoms with E-state index < -0.39 is 12.1 Å². The fraction of sp³-hybridized carbons (Fsp3) is 0.333. The van der Waals surface area contributed by atoms with Gasteiger partial charge in [0.15, 0.2) is 5.58 Å². The summed E-state index contributed by atoms with van der Waals surface area (Å²) in [5, 5.41) is 11.6. The third kappa shape index (κ3) is 2.98. The Morgan fingerprint density at radius 3 is 3.00 bits per heavy atom. The van der Waals surface area contributed by atoms with Gasteiger partial charge in [0, 0.05) is 13.7 Å². The molecule has 2 rings (SSSR count). The lowest BCUT2D eigenvalue weighted by atomic mass is 10.2. The molecule has 2 N–H and O–H groups in total. The molecule has 0 saturated heterocycles. The van der Waals surface area contributed by atoms with Crippen molar-refractivity contribution >= 4 is 23.1 Å². The van der Waals surface area contributed by atoms with Gasteiger partial charge in [0.2, 0.25) is 0 Å². The molecule has 0 spiro atoms. The molecule has 0 bridgehead atoms. The Hall–Kier alpha value is -2.08. The van der Waals surface area contributed by atoms with E-state index in [0.29, 0.717) is 18.1 Å². The van der Waals surface area contributed by atoms with E-state index in [0.717, 1.165) is 5.52 Å². The molecule has 1 aromatic carbocycles. The van der Waals surface area contributed by atoms with Crippen molar-refractivity contribution < 1.29 is 19.1 Å². The number of carbonyl (C=O) groups is 1. The highest BCUT2D eigenvalue weighted by atomic mass is 16.5. The molecule has 1 heterocycles. The van der Waals surface area contributed by atoms with Crippen LogP contribution in [0.5, 0.6) is 0 Å². The predicted molar refractivity (Wildman–Crippen MR) is 65.5 cm³/mol. The van der Waals surface area contributed by atoms with E-state index >= 15 is 0 Å². The zero-order chi connectivity index (χ0) is 13.0. The van der Waals surface area contributed by atoms with Crippen molar-refractivity contribution in [2.24, 2.45) is 0 Å². The quantitative estimate of drug-likeness (QED) is 0.812. The van der Waals surface area contributed by atoms with E-state index in [1.807, 2.05) is 24.3 Å². The maximum absolute atomic E-state index is 10.6. The van der Waals surface area contributed by atoms with Crippen molar-refractivity contribution in [3.63, 3.8) is 0 Å². The zero-order valence-corrected chi connectivity index (χ0v) is 9.92. The molecule has 0 aliphatic heterocycles. The van der Waals surface area contributed by atoms with Crippen LogP contribution in [0, 0.1) is 0 Å². The first-order valence-electron chi connectivity index (χ1n) is 5.53. The van der Waals surface area contributed by atoms with E-state index in [4.69, 9.17) is 14.3 Å². The maximum Gasteiger partial charge on any atom is 0.306 e. The first kappa shape index (κ1) is 12.4. The number of rotatable bonds is 6. The lowest BCUT2D eigenvalue weighted by Gasteiger charge is -2.12. The van der Waals surface area contributed by atoms with Gasteiger partial charge in [-0.25, -0.2) is 0 Å². The molecule has 6 heteroatoms. The lowest BCUT2D eigenvalue weighted by molar-refractivity contribution is -0.139. The van der Waals surface area contributed by atoms with Gasteiger partial charge in [0.25, 0.3) is 6.01 Å². The summed E-state index contributed by atoms with van der Waals surface area (Å²) in [6.45, 7) is 0.329. The first-order valence-corrected chi connectivity index (χ1v) is 5.53. The Balaban J connectivity index is 1.98. The Kier molecular flexibility index (Phi) is 3.78. The lowest BCUT2D eigenvalue weighted by Crippen LogP contribution is -2.25. The van der Waals surface area contributed by atoms with Gasteiger partial charge in [-0.15, -0.1) is 0 Å². The number of carboxylic acid groups (broad SMARTS) is 1. The number of hydrogen-bond acceptors (Lipinski definition) is 5. The van der Waals surface area contributed by atoms with Gasteiger partial charge in [-0.2, -0.15) is 4.98 Å². The van der Waals surface area contributed by atoms with Gasteiger partial charge in [-0.1, -0.05) is 12.1 Å². The van der Waals surface area contributed by atoms with Gasteiger partial charge in [0.05, 0.1) is 12.5 Å². The molecule has 0 aliphatic rings. The summed E-state index contributed by atoms with van der Waals surface area (Å²) < 4.78 is 10.5. The van der Waals surface area contributed by atoms with Gasteiger partial charge in [-0.05, 0) is 12.1 Å². The third-order valence-electron chi connectivity index (χ3n) is 2.51. The highest BCUT2D eigenvalue weighted by Crippen LogP contribution is 2.18. The fourth-order valence-corrected chi connectivity index (χ4v) is 1.58. The average molecular weight is 250 g/mol. The number of hydrogen-bond donors (Lipinski definition) is 2. The van der Waals surface area contributed by atoms with Crippen LogP contribution in [0.2, 0.25) is 0 Å². The number of carboxylic acids is 1. The zero-order valence-electron chi connectivity index (χ0n) is 9.92. The molecular formula is C12H14N2O4. The Morgan fingerprint density at radius 2 is 2.33 bits per heavy atom. The van der Waals surface area contributed by atoms with Crippen molar-refractivity contribution in [2.45, 2.75) is 12.5 Å². The summed E-state index contributed by atoms with van der Waals surface area (Å²) in [5.41, 5.74) is 1.44. The van der Waals surface area contributed by atoms with Gasteiger partial charge >= 0.3 is 5.97 Å². The molecule has 0 radical (unpaired) electrons. The van der Waals surface area contributed by atoms with E-state index in [-0.39, 0.29) is 6.42 Å². The average Bonchev–Trinajstić information content (AvgIpc) is 2.76. The first-order chi connectivity index (χ1) is 8.69. The Labute approximate surface area is 104 Å². The maximum atomic E-state index is 10.6. The molecule has 1 atom stereocenters. The standard InChI is InChI=1S/C12H14N2O4/c1-17-8(6-11(15)16)7-13-12-14-9-4-2-3-5-10(9)18-12/h2-5,8H,6-7H2,1H3,(H,13,14)(H,15,16). The van der Waals surface area contributed by atoms with Crippen molar-refractivity contribution in [3.8, 4) is 0 Å². The van der Waals surface area contributed by atoms with E-state index in [9.17, 15) is 4.79 Å². The number of nitrogens with one attached hydrogen (secondary N) is 1. The van der Waals surface area contributed by atoms with Gasteiger partial charge in [-0.3, -0.25) is 4.79 Å². The van der Waals surface area contributed by atoms with Crippen molar-refractivity contribution in [1.29, 1.82) is 0 Å². The highest BCUT2D eigenvalue weighted by molar-refractivity contribution is 5.74. The molecule has 1 aromatic heterocycles. The van der Waals surface area contributed by atoms with E-state index in [1.54, 1.807) is 0 Å². The molecule has 96 valence electrons. The van der Waals surface area contributed by atoms with Crippen molar-refractivity contribution in [3.05, 3.63) is 24.3 Å². The number of fused-ring (bicyclic) bond motifs is 1. The van der Waals surface area contributed by atoms with Crippen molar-refractivity contribution in [1.82, 2.24) is 4.98 Å². The molecule has 0 amide bonds. The fourth-order valence-electron chi connectivity index (χ4n) is 1.58. The monoisotopic (exact) mass is 250 g/mol. The van der Waals surface area contributed by atoms with E-state index in [1.165, 1.54) is 7.11 Å². The largest absolute Gasteiger partial charge is 0.481 e. The number of benzene rings is 1. The molecular weight excluding hydrogens is 236 g/mol. The number of ether oxygens (including phenoxy) is 1. The number of nitrogens with zero attached hydrogens (tertiary/aromatic N) is 1. The molecule has 1 unspecified atom stereocenters. The summed E-state index contributed by atoms with van der Waals surface area (Å²) in [5.74, 6) is -0.902. The van der Waals surface area contributed by atoms with Crippen LogP contribution >= 0.6 is 0 Å². The normalized spacial score (nSPS) is 12.5. The number of para-hydroxylation sites is 2. The van der Waals surface area contributed by atoms with Crippen LogP contribution in [0.15, 0.2) is 28.7 Å². The number of aromatic nitrogens is 1. The molecule has 0 fully saturated rings. The topological polar surface area (TPSA) is 84.6 Å². The van der Waals surface area contributed by atoms with Crippen LogP contribution < -0.4 is 5.32 Å². The molecule has 0 aliphatic carbocycles. The third-order valence-corrected chi connectivity index (χ3v) is 2.51. The summed E-state index contributed by atoms with van der Waals surface area (Å²) >= 11 is 0. The second-order valence-electron chi connectivity index (χ2n) is 3.82. The van der Waals surface area contributed by atoms with Gasteiger partial charge in [0.1, 0.15) is 5.52 Å².